The minimum absolute atomic E-state index is 0.150. The van der Waals surface area contributed by atoms with Gasteiger partial charge >= 0.3 is 0 Å². The second-order valence-corrected chi connectivity index (χ2v) is 15.5. The van der Waals surface area contributed by atoms with Gasteiger partial charge in [-0.25, -0.2) is 0 Å². The standard InChI is InChI=1S/C13H22OSi2/c1-15(2,3)11-7-9-13(14)10-8-12-16(4,5)6/h9-10H2,1-6H3. The first-order valence-electron chi connectivity index (χ1n) is 5.62. The summed E-state index contributed by atoms with van der Waals surface area (Å²) in [7, 11) is -2.66. The van der Waals surface area contributed by atoms with Crippen molar-refractivity contribution in [1.29, 1.82) is 0 Å². The molecule has 0 rings (SSSR count). The predicted molar refractivity (Wildman–Crippen MR) is 76.5 cm³/mol. The third-order valence-corrected chi connectivity index (χ3v) is 3.35. The van der Waals surface area contributed by atoms with Crippen LogP contribution in [0.2, 0.25) is 39.3 Å². The fourth-order valence-corrected chi connectivity index (χ4v) is 2.12. The molecule has 0 saturated carbocycles. The molecule has 0 saturated heterocycles. The third kappa shape index (κ3) is 11.3. The van der Waals surface area contributed by atoms with E-state index in [0.29, 0.717) is 12.8 Å². The lowest BCUT2D eigenvalue weighted by atomic mass is 10.2. The fraction of sp³-hybridized carbons (Fsp3) is 0.615. The Morgan fingerprint density at radius 1 is 0.812 bits per heavy atom. The normalized spacial score (nSPS) is 10.9. The van der Waals surface area contributed by atoms with Gasteiger partial charge in [-0.05, 0) is 0 Å². The molecule has 16 heavy (non-hydrogen) atoms. The van der Waals surface area contributed by atoms with Crippen molar-refractivity contribution in [3.8, 4) is 22.9 Å². The highest BCUT2D eigenvalue weighted by Crippen LogP contribution is 1.98. The zero-order chi connectivity index (χ0) is 12.8. The monoisotopic (exact) mass is 250 g/mol. The van der Waals surface area contributed by atoms with Gasteiger partial charge in [-0.1, -0.05) is 39.3 Å². The third-order valence-electron chi connectivity index (χ3n) is 1.50. The molecule has 0 aliphatic rings. The topological polar surface area (TPSA) is 17.1 Å². The van der Waals surface area contributed by atoms with Crippen LogP contribution in [0, 0.1) is 22.9 Å². The molecule has 0 N–H and O–H groups in total. The summed E-state index contributed by atoms with van der Waals surface area (Å²) in [5, 5.41) is 0. The highest BCUT2D eigenvalue weighted by atomic mass is 28.3. The first-order chi connectivity index (χ1) is 7.10. The number of carbonyl (C=O) groups is 1. The SMILES string of the molecule is C[Si](C)(C)C#CCC(=O)CC#C[Si](C)(C)C. The highest BCUT2D eigenvalue weighted by Gasteiger charge is 2.08. The van der Waals surface area contributed by atoms with Crippen molar-refractivity contribution in [2.24, 2.45) is 0 Å². The summed E-state index contributed by atoms with van der Waals surface area (Å²) in [6.07, 6.45) is 0.731. The molecular formula is C13H22OSi2. The van der Waals surface area contributed by atoms with Gasteiger partial charge in [0.2, 0.25) is 0 Å². The van der Waals surface area contributed by atoms with E-state index in [1.807, 2.05) is 0 Å². The van der Waals surface area contributed by atoms with Crippen LogP contribution in [-0.2, 0) is 4.79 Å². The second-order valence-electron chi connectivity index (χ2n) is 6.00. The first kappa shape index (κ1) is 15.2. The van der Waals surface area contributed by atoms with Crippen molar-refractivity contribution in [2.45, 2.75) is 52.1 Å². The van der Waals surface area contributed by atoms with Crippen molar-refractivity contribution in [3.05, 3.63) is 0 Å². The van der Waals surface area contributed by atoms with Crippen LogP contribution in [0.5, 0.6) is 0 Å². The van der Waals surface area contributed by atoms with E-state index in [0.717, 1.165) is 0 Å². The number of rotatable bonds is 2. The Morgan fingerprint density at radius 2 is 1.12 bits per heavy atom. The summed E-state index contributed by atoms with van der Waals surface area (Å²) >= 11 is 0. The Kier molecular flexibility index (Phi) is 5.79. The van der Waals surface area contributed by atoms with Crippen molar-refractivity contribution in [3.63, 3.8) is 0 Å². The van der Waals surface area contributed by atoms with Crippen LogP contribution in [0.15, 0.2) is 0 Å². The minimum atomic E-state index is -1.33. The molecule has 3 heteroatoms. The summed E-state index contributed by atoms with van der Waals surface area (Å²) in [5.41, 5.74) is 6.38. The van der Waals surface area contributed by atoms with E-state index in [1.165, 1.54) is 0 Å². The first-order valence-corrected chi connectivity index (χ1v) is 12.6. The van der Waals surface area contributed by atoms with Crippen LogP contribution < -0.4 is 0 Å². The summed E-state index contributed by atoms with van der Waals surface area (Å²) in [5.74, 6) is 6.11. The Labute approximate surface area is 102 Å². The Bertz CT molecular complexity index is 325. The van der Waals surface area contributed by atoms with E-state index in [1.54, 1.807) is 0 Å². The van der Waals surface area contributed by atoms with Crippen molar-refractivity contribution >= 4 is 21.9 Å². The maximum atomic E-state index is 11.4. The summed E-state index contributed by atoms with van der Waals surface area (Å²) in [6.45, 7) is 13.1. The lowest BCUT2D eigenvalue weighted by Gasteiger charge is -2.03. The van der Waals surface area contributed by atoms with E-state index in [9.17, 15) is 4.79 Å². The zero-order valence-electron chi connectivity index (χ0n) is 11.3. The lowest BCUT2D eigenvalue weighted by Crippen LogP contribution is -2.16. The number of hydrogen-bond donors (Lipinski definition) is 0. The van der Waals surface area contributed by atoms with E-state index in [4.69, 9.17) is 0 Å². The molecule has 0 spiro atoms. The highest BCUT2D eigenvalue weighted by molar-refractivity contribution is 6.84. The molecule has 0 aromatic rings. The molecule has 0 atom stereocenters. The quantitative estimate of drug-likeness (QED) is 0.544. The number of Topliss-reactive ketones (excluding diaryl/α,β-unsaturated/α-hetero) is 1. The second kappa shape index (κ2) is 6.08. The van der Waals surface area contributed by atoms with Crippen LogP contribution in [0.3, 0.4) is 0 Å². The summed E-state index contributed by atoms with van der Waals surface area (Å²) < 4.78 is 0. The molecule has 0 aromatic heterocycles. The molecule has 0 aromatic carbocycles. The van der Waals surface area contributed by atoms with Crippen LogP contribution in [-0.4, -0.2) is 21.9 Å². The van der Waals surface area contributed by atoms with Crippen LogP contribution in [0.4, 0.5) is 0 Å². The zero-order valence-corrected chi connectivity index (χ0v) is 13.3. The number of carbonyl (C=O) groups excluding carboxylic acids is 1. The summed E-state index contributed by atoms with van der Waals surface area (Å²) in [6, 6.07) is 0. The Morgan fingerprint density at radius 3 is 1.38 bits per heavy atom. The van der Waals surface area contributed by atoms with Gasteiger partial charge in [0, 0.05) is 0 Å². The number of hydrogen-bond acceptors (Lipinski definition) is 1. The van der Waals surface area contributed by atoms with E-state index < -0.39 is 16.1 Å². The Balaban J connectivity index is 4.10. The van der Waals surface area contributed by atoms with Gasteiger partial charge in [-0.3, -0.25) is 4.79 Å². The van der Waals surface area contributed by atoms with E-state index in [2.05, 4.69) is 62.2 Å². The average Bonchev–Trinajstić information content (AvgIpc) is 1.98. The van der Waals surface area contributed by atoms with Crippen LogP contribution in [0.25, 0.3) is 0 Å². The van der Waals surface area contributed by atoms with Crippen molar-refractivity contribution in [1.82, 2.24) is 0 Å². The van der Waals surface area contributed by atoms with Crippen LogP contribution in [0.1, 0.15) is 12.8 Å². The molecule has 0 unspecified atom stereocenters. The predicted octanol–water partition coefficient (Wildman–Crippen LogP) is 3.10. The fourth-order valence-electron chi connectivity index (χ4n) is 0.878. The van der Waals surface area contributed by atoms with Gasteiger partial charge in [0.15, 0.2) is 5.78 Å². The van der Waals surface area contributed by atoms with E-state index in [-0.39, 0.29) is 5.78 Å². The molecule has 0 radical (unpaired) electrons. The van der Waals surface area contributed by atoms with Crippen LogP contribution >= 0.6 is 0 Å². The Hall–Kier alpha value is -0.776. The molecule has 0 aliphatic carbocycles. The maximum Gasteiger partial charge on any atom is 0.156 e. The maximum absolute atomic E-state index is 11.4. The number of ketones is 1. The van der Waals surface area contributed by atoms with Gasteiger partial charge < -0.3 is 0 Å². The lowest BCUT2D eigenvalue weighted by molar-refractivity contribution is -0.117. The minimum Gasteiger partial charge on any atom is -0.298 e. The molecule has 88 valence electrons. The van der Waals surface area contributed by atoms with Crippen molar-refractivity contribution in [2.75, 3.05) is 0 Å². The molecular weight excluding hydrogens is 228 g/mol. The molecule has 0 fully saturated rings. The van der Waals surface area contributed by atoms with Gasteiger partial charge in [-0.2, -0.15) is 0 Å². The molecule has 0 aliphatic heterocycles. The molecule has 0 heterocycles. The molecule has 0 amide bonds. The average molecular weight is 250 g/mol. The van der Waals surface area contributed by atoms with Gasteiger partial charge in [-0.15, -0.1) is 22.9 Å². The largest absolute Gasteiger partial charge is 0.298 e. The summed E-state index contributed by atoms with van der Waals surface area (Å²) in [4.78, 5) is 11.4. The molecule has 0 bridgehead atoms. The van der Waals surface area contributed by atoms with E-state index >= 15 is 0 Å². The van der Waals surface area contributed by atoms with Gasteiger partial charge in [0.25, 0.3) is 0 Å². The molecule has 1 nitrogen and oxygen atoms in total. The smallest absolute Gasteiger partial charge is 0.156 e. The van der Waals surface area contributed by atoms with Gasteiger partial charge in [0.05, 0.1) is 12.8 Å². The van der Waals surface area contributed by atoms with Crippen molar-refractivity contribution < 1.29 is 4.79 Å². The van der Waals surface area contributed by atoms with Gasteiger partial charge in [0.1, 0.15) is 16.1 Å².